The average molecular weight is 325 g/mol. The summed E-state index contributed by atoms with van der Waals surface area (Å²) in [6.07, 6.45) is 4.43. The Morgan fingerprint density at radius 2 is 2.33 bits per heavy atom. The molecule has 0 bridgehead atoms. The first-order chi connectivity index (χ1) is 11.7. The molecular formula is C18H19N3O3. The highest BCUT2D eigenvalue weighted by Crippen LogP contribution is 2.29. The number of carbonyl (C=O) groups is 1. The van der Waals surface area contributed by atoms with E-state index in [4.69, 9.17) is 9.15 Å². The SMILES string of the molecule is COc1ccc2c(C)c(C(=O)NC3CCc4[nH]ncc4C3)oc2c1. The summed E-state index contributed by atoms with van der Waals surface area (Å²) in [6, 6.07) is 5.69. The zero-order valence-corrected chi connectivity index (χ0v) is 13.7. The van der Waals surface area contributed by atoms with E-state index >= 15 is 0 Å². The predicted molar refractivity (Wildman–Crippen MR) is 89.4 cm³/mol. The highest BCUT2D eigenvalue weighted by Gasteiger charge is 2.24. The van der Waals surface area contributed by atoms with Gasteiger partial charge in [0.05, 0.1) is 13.3 Å². The van der Waals surface area contributed by atoms with Gasteiger partial charge in [0.2, 0.25) is 0 Å². The summed E-state index contributed by atoms with van der Waals surface area (Å²) in [7, 11) is 1.61. The number of furan rings is 1. The summed E-state index contributed by atoms with van der Waals surface area (Å²) in [6.45, 7) is 1.91. The minimum absolute atomic E-state index is 0.102. The number of hydrogen-bond donors (Lipinski definition) is 2. The first-order valence-electron chi connectivity index (χ1n) is 8.05. The molecule has 4 rings (SSSR count). The van der Waals surface area contributed by atoms with Crippen molar-refractivity contribution in [1.82, 2.24) is 15.5 Å². The summed E-state index contributed by atoms with van der Waals surface area (Å²) in [5.41, 5.74) is 3.87. The second-order valence-corrected chi connectivity index (χ2v) is 6.21. The Labute approximate surface area is 139 Å². The van der Waals surface area contributed by atoms with Crippen LogP contribution in [0.15, 0.2) is 28.8 Å². The molecule has 0 aliphatic heterocycles. The van der Waals surface area contributed by atoms with Crippen LogP contribution in [0.5, 0.6) is 5.75 Å². The Morgan fingerprint density at radius 1 is 1.46 bits per heavy atom. The molecule has 2 heterocycles. The minimum Gasteiger partial charge on any atom is -0.497 e. The van der Waals surface area contributed by atoms with Crippen molar-refractivity contribution in [2.24, 2.45) is 0 Å². The molecule has 1 aliphatic rings. The number of aromatic amines is 1. The number of hydrogen-bond acceptors (Lipinski definition) is 4. The molecule has 6 nitrogen and oxygen atoms in total. The van der Waals surface area contributed by atoms with E-state index in [2.05, 4.69) is 15.5 Å². The Kier molecular flexibility index (Phi) is 3.52. The molecule has 1 atom stereocenters. The zero-order valence-electron chi connectivity index (χ0n) is 13.7. The van der Waals surface area contributed by atoms with Crippen LogP contribution >= 0.6 is 0 Å². The normalized spacial score (nSPS) is 16.8. The van der Waals surface area contributed by atoms with E-state index in [9.17, 15) is 4.79 Å². The van der Waals surface area contributed by atoms with Crippen molar-refractivity contribution in [3.63, 3.8) is 0 Å². The lowest BCUT2D eigenvalue weighted by Crippen LogP contribution is -2.38. The third-order valence-corrected chi connectivity index (χ3v) is 4.70. The number of methoxy groups -OCH3 is 1. The third kappa shape index (κ3) is 2.44. The van der Waals surface area contributed by atoms with E-state index in [1.807, 2.05) is 25.3 Å². The lowest BCUT2D eigenvalue weighted by atomic mass is 9.93. The number of rotatable bonds is 3. The van der Waals surface area contributed by atoms with Gasteiger partial charge in [-0.1, -0.05) is 0 Å². The van der Waals surface area contributed by atoms with Crippen molar-refractivity contribution in [3.05, 3.63) is 47.0 Å². The monoisotopic (exact) mass is 325 g/mol. The fourth-order valence-corrected chi connectivity index (χ4v) is 3.34. The van der Waals surface area contributed by atoms with Gasteiger partial charge in [-0.2, -0.15) is 5.10 Å². The molecule has 1 amide bonds. The number of amides is 1. The summed E-state index contributed by atoms with van der Waals surface area (Å²) in [5, 5.41) is 11.1. The average Bonchev–Trinajstić information content (AvgIpc) is 3.18. The van der Waals surface area contributed by atoms with Crippen molar-refractivity contribution < 1.29 is 13.9 Å². The van der Waals surface area contributed by atoms with Gasteiger partial charge in [-0.05, 0) is 43.9 Å². The molecule has 0 saturated carbocycles. The van der Waals surface area contributed by atoms with E-state index in [0.717, 1.165) is 30.2 Å². The summed E-state index contributed by atoms with van der Waals surface area (Å²) >= 11 is 0. The van der Waals surface area contributed by atoms with Gasteiger partial charge >= 0.3 is 0 Å². The van der Waals surface area contributed by atoms with Gasteiger partial charge in [0.1, 0.15) is 11.3 Å². The molecule has 124 valence electrons. The van der Waals surface area contributed by atoms with Crippen LogP contribution in [0.4, 0.5) is 0 Å². The third-order valence-electron chi connectivity index (χ3n) is 4.70. The van der Waals surface area contributed by atoms with Crippen molar-refractivity contribution in [1.29, 1.82) is 0 Å². The minimum atomic E-state index is -0.167. The Morgan fingerprint density at radius 3 is 3.17 bits per heavy atom. The number of aromatic nitrogens is 2. The highest BCUT2D eigenvalue weighted by molar-refractivity contribution is 5.99. The van der Waals surface area contributed by atoms with Crippen LogP contribution < -0.4 is 10.1 Å². The molecule has 1 aliphatic carbocycles. The number of benzene rings is 1. The fraction of sp³-hybridized carbons (Fsp3) is 0.333. The molecule has 1 unspecified atom stereocenters. The quantitative estimate of drug-likeness (QED) is 0.776. The van der Waals surface area contributed by atoms with E-state index in [1.54, 1.807) is 13.2 Å². The standard InChI is InChI=1S/C18H19N3O3/c1-10-14-5-4-13(23-2)8-16(14)24-17(10)18(22)20-12-3-6-15-11(7-12)9-19-21-15/h4-5,8-9,12H,3,6-7H2,1-2H3,(H,19,21)(H,20,22). The molecule has 0 spiro atoms. The molecule has 2 aromatic heterocycles. The maximum absolute atomic E-state index is 12.6. The molecule has 2 N–H and O–H groups in total. The number of H-pyrrole nitrogens is 1. The number of nitrogens with one attached hydrogen (secondary N) is 2. The van der Waals surface area contributed by atoms with Gasteiger partial charge in [0, 0.05) is 28.8 Å². The van der Waals surface area contributed by atoms with E-state index in [1.165, 1.54) is 11.3 Å². The van der Waals surface area contributed by atoms with Crippen molar-refractivity contribution >= 4 is 16.9 Å². The van der Waals surface area contributed by atoms with Crippen molar-refractivity contribution in [3.8, 4) is 5.75 Å². The topological polar surface area (TPSA) is 80.1 Å². The molecule has 1 aromatic carbocycles. The largest absolute Gasteiger partial charge is 0.497 e. The van der Waals surface area contributed by atoms with Gasteiger partial charge in [-0.25, -0.2) is 0 Å². The van der Waals surface area contributed by atoms with Crippen molar-refractivity contribution in [2.75, 3.05) is 7.11 Å². The van der Waals surface area contributed by atoms with Crippen molar-refractivity contribution in [2.45, 2.75) is 32.2 Å². The lowest BCUT2D eigenvalue weighted by Gasteiger charge is -2.22. The molecule has 0 radical (unpaired) electrons. The molecule has 0 fully saturated rings. The second-order valence-electron chi connectivity index (χ2n) is 6.21. The molecule has 3 aromatic rings. The Balaban J connectivity index is 1.56. The summed E-state index contributed by atoms with van der Waals surface area (Å²) in [5.74, 6) is 0.916. The summed E-state index contributed by atoms with van der Waals surface area (Å²) in [4.78, 5) is 12.6. The van der Waals surface area contributed by atoms with Crippen LogP contribution in [-0.2, 0) is 12.8 Å². The van der Waals surface area contributed by atoms with Crippen LogP contribution in [0.25, 0.3) is 11.0 Å². The van der Waals surface area contributed by atoms with Gasteiger partial charge in [-0.3, -0.25) is 9.89 Å². The fourth-order valence-electron chi connectivity index (χ4n) is 3.34. The van der Waals surface area contributed by atoms with Gasteiger partial charge in [-0.15, -0.1) is 0 Å². The van der Waals surface area contributed by atoms with Gasteiger partial charge < -0.3 is 14.5 Å². The number of nitrogens with zero attached hydrogens (tertiary/aromatic N) is 1. The van der Waals surface area contributed by atoms with Crippen LogP contribution in [-0.4, -0.2) is 29.3 Å². The number of aryl methyl sites for hydroxylation is 2. The number of fused-ring (bicyclic) bond motifs is 2. The Hall–Kier alpha value is -2.76. The number of ether oxygens (including phenoxy) is 1. The van der Waals surface area contributed by atoms with Crippen LogP contribution in [0.2, 0.25) is 0 Å². The first-order valence-corrected chi connectivity index (χ1v) is 8.05. The maximum atomic E-state index is 12.6. The highest BCUT2D eigenvalue weighted by atomic mass is 16.5. The molecule has 0 saturated heterocycles. The molecule has 24 heavy (non-hydrogen) atoms. The van der Waals surface area contributed by atoms with E-state index < -0.39 is 0 Å². The summed E-state index contributed by atoms with van der Waals surface area (Å²) < 4.78 is 11.0. The van der Waals surface area contributed by atoms with Gasteiger partial charge in [0.25, 0.3) is 5.91 Å². The Bertz CT molecular complexity index is 910. The lowest BCUT2D eigenvalue weighted by molar-refractivity contribution is 0.0907. The van der Waals surface area contributed by atoms with Crippen LogP contribution in [0.1, 0.15) is 33.8 Å². The first kappa shape index (κ1) is 14.8. The smallest absolute Gasteiger partial charge is 0.287 e. The molecule has 6 heteroatoms. The maximum Gasteiger partial charge on any atom is 0.287 e. The van der Waals surface area contributed by atoms with Crippen LogP contribution in [0, 0.1) is 6.92 Å². The van der Waals surface area contributed by atoms with E-state index in [-0.39, 0.29) is 11.9 Å². The van der Waals surface area contributed by atoms with Gasteiger partial charge in [0.15, 0.2) is 5.76 Å². The predicted octanol–water partition coefficient (Wildman–Crippen LogP) is 2.76. The second kappa shape index (κ2) is 5.70. The number of carbonyl (C=O) groups excluding carboxylic acids is 1. The molecular weight excluding hydrogens is 306 g/mol. The zero-order chi connectivity index (χ0) is 16.7. The van der Waals surface area contributed by atoms with Crippen LogP contribution in [0.3, 0.4) is 0 Å². The van der Waals surface area contributed by atoms with E-state index in [0.29, 0.717) is 17.1 Å².